The van der Waals surface area contributed by atoms with Crippen molar-refractivity contribution in [1.29, 1.82) is 0 Å². The number of para-hydroxylation sites is 1. The molecule has 0 spiro atoms. The fourth-order valence-electron chi connectivity index (χ4n) is 1.26. The van der Waals surface area contributed by atoms with Crippen LogP contribution >= 0.6 is 15.9 Å². The number of halogens is 2. The summed E-state index contributed by atoms with van der Waals surface area (Å²) in [6.45, 7) is 3.88. The number of carbonyl (C=O) groups excluding carboxylic acids is 1. The molecule has 5 heteroatoms. The monoisotopic (exact) mass is 302 g/mol. The molecular formula is C12H16BrFN2O. The molecule has 3 N–H and O–H groups in total. The van der Waals surface area contributed by atoms with Gasteiger partial charge in [0.25, 0.3) is 0 Å². The second-order valence-corrected chi connectivity index (χ2v) is 5.11. The fraction of sp³-hybridized carbons (Fsp3) is 0.417. The summed E-state index contributed by atoms with van der Waals surface area (Å²) in [5, 5.41) is 2.52. The number of hydrogen-bond donors (Lipinski definition) is 2. The van der Waals surface area contributed by atoms with Crippen molar-refractivity contribution in [3.8, 4) is 0 Å². The first-order valence-electron chi connectivity index (χ1n) is 5.41. The summed E-state index contributed by atoms with van der Waals surface area (Å²) in [6.07, 6.45) is 0.179. The molecule has 0 radical (unpaired) electrons. The second-order valence-electron chi connectivity index (χ2n) is 4.26. The van der Waals surface area contributed by atoms with Crippen LogP contribution in [0.5, 0.6) is 0 Å². The average Bonchev–Trinajstić information content (AvgIpc) is 2.23. The van der Waals surface area contributed by atoms with Crippen molar-refractivity contribution in [2.24, 2.45) is 11.7 Å². The van der Waals surface area contributed by atoms with Gasteiger partial charge in [-0.05, 0) is 34.0 Å². The van der Waals surface area contributed by atoms with E-state index in [1.165, 1.54) is 6.07 Å². The van der Waals surface area contributed by atoms with E-state index in [4.69, 9.17) is 5.73 Å². The molecule has 0 bridgehead atoms. The van der Waals surface area contributed by atoms with E-state index in [0.717, 1.165) is 0 Å². The minimum Gasteiger partial charge on any atom is -0.327 e. The number of nitrogens with one attached hydrogen (secondary N) is 1. The molecule has 0 aliphatic carbocycles. The van der Waals surface area contributed by atoms with E-state index >= 15 is 0 Å². The van der Waals surface area contributed by atoms with Crippen LogP contribution in [-0.4, -0.2) is 11.9 Å². The molecule has 1 aromatic carbocycles. The molecule has 0 fully saturated rings. The summed E-state index contributed by atoms with van der Waals surface area (Å²) < 4.78 is 13.9. The van der Waals surface area contributed by atoms with Crippen molar-refractivity contribution >= 4 is 27.5 Å². The largest absolute Gasteiger partial charge is 0.327 e. The first-order valence-corrected chi connectivity index (χ1v) is 6.20. The van der Waals surface area contributed by atoms with Crippen molar-refractivity contribution in [3.63, 3.8) is 0 Å². The van der Waals surface area contributed by atoms with Crippen LogP contribution in [-0.2, 0) is 4.79 Å². The number of nitrogens with two attached hydrogens (primary N) is 1. The van der Waals surface area contributed by atoms with Crippen LogP contribution in [0.4, 0.5) is 10.1 Å². The number of carbonyl (C=O) groups is 1. The zero-order chi connectivity index (χ0) is 13.0. The Balaban J connectivity index is 2.69. The van der Waals surface area contributed by atoms with E-state index in [9.17, 15) is 9.18 Å². The smallest absolute Gasteiger partial charge is 0.226 e. The van der Waals surface area contributed by atoms with Gasteiger partial charge in [-0.15, -0.1) is 0 Å². The lowest BCUT2D eigenvalue weighted by molar-refractivity contribution is -0.116. The van der Waals surface area contributed by atoms with Crippen LogP contribution in [0, 0.1) is 11.7 Å². The number of rotatable bonds is 4. The minimum atomic E-state index is -0.467. The number of hydrogen-bond acceptors (Lipinski definition) is 2. The predicted molar refractivity (Wildman–Crippen MR) is 70.2 cm³/mol. The third kappa shape index (κ3) is 4.09. The first kappa shape index (κ1) is 14.1. The number of amides is 1. The van der Waals surface area contributed by atoms with E-state index in [-0.39, 0.29) is 30.0 Å². The molecule has 0 saturated heterocycles. The minimum absolute atomic E-state index is 0.161. The maximum Gasteiger partial charge on any atom is 0.226 e. The third-order valence-corrected chi connectivity index (χ3v) is 3.17. The highest BCUT2D eigenvalue weighted by molar-refractivity contribution is 9.10. The number of benzene rings is 1. The van der Waals surface area contributed by atoms with Crippen LogP contribution in [0.3, 0.4) is 0 Å². The Hall–Kier alpha value is -0.940. The fourth-order valence-corrected chi connectivity index (χ4v) is 1.70. The predicted octanol–water partition coefficient (Wildman–Crippen LogP) is 2.90. The molecule has 17 heavy (non-hydrogen) atoms. The van der Waals surface area contributed by atoms with Crippen LogP contribution in [0.1, 0.15) is 20.3 Å². The molecule has 0 aliphatic rings. The Morgan fingerprint density at radius 1 is 1.53 bits per heavy atom. The number of anilines is 1. The third-order valence-electron chi connectivity index (χ3n) is 2.50. The van der Waals surface area contributed by atoms with Crippen LogP contribution < -0.4 is 11.1 Å². The van der Waals surface area contributed by atoms with Crippen LogP contribution in [0.2, 0.25) is 0 Å². The van der Waals surface area contributed by atoms with Crippen LogP contribution in [0.15, 0.2) is 22.7 Å². The molecule has 1 atom stereocenters. The Morgan fingerprint density at radius 3 is 2.71 bits per heavy atom. The van der Waals surface area contributed by atoms with E-state index < -0.39 is 5.82 Å². The standard InChI is InChI=1S/C12H16BrFN2O/c1-7(2)10(15)6-11(17)16-12-8(13)4-3-5-9(12)14/h3-5,7,10H,6,15H2,1-2H3,(H,16,17). The van der Waals surface area contributed by atoms with Crippen LogP contribution in [0.25, 0.3) is 0 Å². The van der Waals surface area contributed by atoms with Crippen molar-refractivity contribution < 1.29 is 9.18 Å². The molecule has 94 valence electrons. The summed E-state index contributed by atoms with van der Waals surface area (Å²) >= 11 is 3.18. The zero-order valence-electron chi connectivity index (χ0n) is 9.84. The molecule has 1 unspecified atom stereocenters. The van der Waals surface area contributed by atoms with Gasteiger partial charge in [0, 0.05) is 16.9 Å². The SMILES string of the molecule is CC(C)C(N)CC(=O)Nc1c(F)cccc1Br. The van der Waals surface area contributed by atoms with Gasteiger partial charge >= 0.3 is 0 Å². The van der Waals surface area contributed by atoms with Gasteiger partial charge in [-0.1, -0.05) is 19.9 Å². The molecule has 0 aliphatic heterocycles. The van der Waals surface area contributed by atoms with Gasteiger partial charge in [-0.25, -0.2) is 4.39 Å². The summed E-state index contributed by atoms with van der Waals surface area (Å²) in [5.74, 6) is -0.535. The summed E-state index contributed by atoms with van der Waals surface area (Å²) in [6, 6.07) is 4.30. The van der Waals surface area contributed by atoms with E-state index in [2.05, 4.69) is 21.2 Å². The van der Waals surface area contributed by atoms with Crippen molar-refractivity contribution in [1.82, 2.24) is 0 Å². The van der Waals surface area contributed by atoms with E-state index in [1.54, 1.807) is 12.1 Å². The maximum absolute atomic E-state index is 13.4. The van der Waals surface area contributed by atoms with Gasteiger partial charge in [-0.2, -0.15) is 0 Å². The molecule has 0 aromatic heterocycles. The zero-order valence-corrected chi connectivity index (χ0v) is 11.4. The Morgan fingerprint density at radius 2 is 2.18 bits per heavy atom. The van der Waals surface area contributed by atoms with Gasteiger partial charge < -0.3 is 11.1 Å². The molecular weight excluding hydrogens is 287 g/mol. The highest BCUT2D eigenvalue weighted by Gasteiger charge is 2.15. The first-order chi connectivity index (χ1) is 7.91. The maximum atomic E-state index is 13.4. The normalized spacial score (nSPS) is 12.6. The van der Waals surface area contributed by atoms with Gasteiger partial charge in [0.05, 0.1) is 5.69 Å². The lowest BCUT2D eigenvalue weighted by Crippen LogP contribution is -2.31. The Bertz CT molecular complexity index is 389. The lowest BCUT2D eigenvalue weighted by Gasteiger charge is -2.15. The van der Waals surface area contributed by atoms with Crippen molar-refractivity contribution in [3.05, 3.63) is 28.5 Å². The van der Waals surface area contributed by atoms with Gasteiger partial charge in [0.15, 0.2) is 0 Å². The van der Waals surface area contributed by atoms with E-state index in [0.29, 0.717) is 4.47 Å². The molecule has 3 nitrogen and oxygen atoms in total. The molecule has 1 rings (SSSR count). The van der Waals surface area contributed by atoms with E-state index in [1.807, 2.05) is 13.8 Å². The topological polar surface area (TPSA) is 55.1 Å². The molecule has 0 saturated carbocycles. The average molecular weight is 303 g/mol. The summed E-state index contributed by atoms with van der Waals surface area (Å²) in [5.41, 5.74) is 5.94. The quantitative estimate of drug-likeness (QED) is 0.898. The highest BCUT2D eigenvalue weighted by Crippen LogP contribution is 2.25. The summed E-state index contributed by atoms with van der Waals surface area (Å²) in [7, 11) is 0. The Labute approximate surface area is 109 Å². The van der Waals surface area contributed by atoms with Crippen molar-refractivity contribution in [2.75, 3.05) is 5.32 Å². The van der Waals surface area contributed by atoms with Gasteiger partial charge in [0.1, 0.15) is 5.82 Å². The summed E-state index contributed by atoms with van der Waals surface area (Å²) in [4.78, 5) is 11.7. The van der Waals surface area contributed by atoms with Gasteiger partial charge in [-0.3, -0.25) is 4.79 Å². The highest BCUT2D eigenvalue weighted by atomic mass is 79.9. The Kier molecular flexibility index (Phi) is 5.08. The van der Waals surface area contributed by atoms with Gasteiger partial charge in [0.2, 0.25) is 5.91 Å². The lowest BCUT2D eigenvalue weighted by atomic mass is 10.0. The second kappa shape index (κ2) is 6.12. The molecule has 1 amide bonds. The molecule has 1 aromatic rings. The van der Waals surface area contributed by atoms with Crippen molar-refractivity contribution in [2.45, 2.75) is 26.3 Å². The molecule has 0 heterocycles.